The van der Waals surface area contributed by atoms with Crippen LogP contribution in [0.2, 0.25) is 0 Å². The average Bonchev–Trinajstić information content (AvgIpc) is 2.42. The van der Waals surface area contributed by atoms with Gasteiger partial charge in [0.2, 0.25) is 0 Å². The number of nitrogens with zero attached hydrogens (tertiary/aromatic N) is 2. The molecular weight excluding hydrogens is 226 g/mol. The number of hydrogen-bond acceptors (Lipinski definition) is 4. The fraction of sp³-hybridized carbons (Fsp3) is 0.643. The fourth-order valence-corrected chi connectivity index (χ4v) is 1.82. The van der Waals surface area contributed by atoms with Crippen LogP contribution in [0, 0.1) is 0 Å². The topological polar surface area (TPSA) is 62.4 Å². The van der Waals surface area contributed by atoms with Crippen LogP contribution in [0.25, 0.3) is 0 Å². The molecule has 0 aliphatic heterocycles. The van der Waals surface area contributed by atoms with E-state index in [1.807, 2.05) is 12.3 Å². The van der Waals surface area contributed by atoms with Gasteiger partial charge in [-0.15, -0.1) is 0 Å². The molecule has 3 N–H and O–H groups in total. The number of nitrogens with two attached hydrogens (primary N) is 1. The molecule has 0 aliphatic carbocycles. The van der Waals surface area contributed by atoms with E-state index in [1.165, 1.54) is 0 Å². The molecule has 18 heavy (non-hydrogen) atoms. The summed E-state index contributed by atoms with van der Waals surface area (Å²) in [4.78, 5) is 6.59. The molecule has 1 heterocycles. The second kappa shape index (κ2) is 8.06. The molecule has 0 bridgehead atoms. The van der Waals surface area contributed by atoms with E-state index in [9.17, 15) is 0 Å². The van der Waals surface area contributed by atoms with Gasteiger partial charge in [-0.05, 0) is 37.8 Å². The number of aliphatic hydroxyl groups excluding tert-OH is 1. The standard InChI is InChI=1S/C14H25N3O/c1-3-13(15)14-8-7-12(11-16-14)17(2)9-5-4-6-10-18/h7-8,11,13,18H,3-6,9-10,15H2,1-2H3/t13-/m1/s1. The number of aliphatic hydroxyl groups is 1. The van der Waals surface area contributed by atoms with Crippen molar-refractivity contribution in [3.8, 4) is 0 Å². The third-order valence-corrected chi connectivity index (χ3v) is 3.18. The summed E-state index contributed by atoms with van der Waals surface area (Å²) in [6.45, 7) is 3.34. The van der Waals surface area contributed by atoms with Gasteiger partial charge in [-0.3, -0.25) is 4.98 Å². The van der Waals surface area contributed by atoms with E-state index in [0.29, 0.717) is 0 Å². The first-order chi connectivity index (χ1) is 8.69. The van der Waals surface area contributed by atoms with Crippen LogP contribution in [-0.4, -0.2) is 30.3 Å². The summed E-state index contributed by atoms with van der Waals surface area (Å²) < 4.78 is 0. The Morgan fingerprint density at radius 3 is 2.67 bits per heavy atom. The molecule has 0 saturated heterocycles. The molecule has 0 saturated carbocycles. The maximum absolute atomic E-state index is 8.72. The van der Waals surface area contributed by atoms with Crippen molar-refractivity contribution in [3.05, 3.63) is 24.0 Å². The first-order valence-electron chi connectivity index (χ1n) is 6.72. The molecule has 4 nitrogen and oxygen atoms in total. The Bertz CT molecular complexity index is 326. The Kier molecular flexibility index (Phi) is 6.68. The third kappa shape index (κ3) is 4.63. The minimum Gasteiger partial charge on any atom is -0.396 e. The summed E-state index contributed by atoms with van der Waals surface area (Å²) >= 11 is 0. The predicted octanol–water partition coefficient (Wildman–Crippen LogP) is 2.09. The van der Waals surface area contributed by atoms with Crippen molar-refractivity contribution in [2.75, 3.05) is 25.1 Å². The van der Waals surface area contributed by atoms with Crippen LogP contribution in [0.4, 0.5) is 5.69 Å². The molecule has 0 aliphatic rings. The van der Waals surface area contributed by atoms with Crippen molar-refractivity contribution < 1.29 is 5.11 Å². The molecule has 0 radical (unpaired) electrons. The molecule has 0 aromatic carbocycles. The van der Waals surface area contributed by atoms with Gasteiger partial charge < -0.3 is 15.7 Å². The van der Waals surface area contributed by atoms with Crippen LogP contribution < -0.4 is 10.6 Å². The van der Waals surface area contributed by atoms with E-state index in [2.05, 4.69) is 29.9 Å². The van der Waals surface area contributed by atoms with Gasteiger partial charge in [0.25, 0.3) is 0 Å². The Morgan fingerprint density at radius 2 is 2.11 bits per heavy atom. The zero-order valence-electron chi connectivity index (χ0n) is 11.5. The van der Waals surface area contributed by atoms with Crippen LogP contribution in [0.5, 0.6) is 0 Å². The molecule has 1 rings (SSSR count). The maximum atomic E-state index is 8.72. The second-order valence-corrected chi connectivity index (χ2v) is 4.66. The lowest BCUT2D eigenvalue weighted by atomic mass is 10.1. The highest BCUT2D eigenvalue weighted by molar-refractivity contribution is 5.43. The minimum atomic E-state index is 0.0360. The van der Waals surface area contributed by atoms with Crippen LogP contribution >= 0.6 is 0 Å². The highest BCUT2D eigenvalue weighted by atomic mass is 16.2. The number of anilines is 1. The lowest BCUT2D eigenvalue weighted by Gasteiger charge is -2.19. The van der Waals surface area contributed by atoms with Gasteiger partial charge in [-0.25, -0.2) is 0 Å². The Morgan fingerprint density at radius 1 is 1.33 bits per heavy atom. The summed E-state index contributed by atoms with van der Waals surface area (Å²) in [6.07, 6.45) is 5.83. The largest absolute Gasteiger partial charge is 0.396 e. The fourth-order valence-electron chi connectivity index (χ4n) is 1.82. The first kappa shape index (κ1) is 14.9. The quantitative estimate of drug-likeness (QED) is 0.694. The van der Waals surface area contributed by atoms with Gasteiger partial charge >= 0.3 is 0 Å². The molecule has 1 atom stereocenters. The van der Waals surface area contributed by atoms with E-state index in [4.69, 9.17) is 10.8 Å². The SMILES string of the molecule is CC[C@@H](N)c1ccc(N(C)CCCCCO)cn1. The van der Waals surface area contributed by atoms with Crippen LogP contribution in [0.3, 0.4) is 0 Å². The smallest absolute Gasteiger partial charge is 0.0572 e. The molecule has 1 aromatic heterocycles. The highest BCUT2D eigenvalue weighted by Crippen LogP contribution is 2.16. The molecule has 102 valence electrons. The lowest BCUT2D eigenvalue weighted by Crippen LogP contribution is -2.19. The first-order valence-corrected chi connectivity index (χ1v) is 6.72. The average molecular weight is 251 g/mol. The number of hydrogen-bond donors (Lipinski definition) is 2. The third-order valence-electron chi connectivity index (χ3n) is 3.18. The summed E-state index contributed by atoms with van der Waals surface area (Å²) in [5.41, 5.74) is 8.00. The summed E-state index contributed by atoms with van der Waals surface area (Å²) in [6, 6.07) is 4.12. The highest BCUT2D eigenvalue weighted by Gasteiger charge is 2.06. The summed E-state index contributed by atoms with van der Waals surface area (Å²) in [7, 11) is 2.06. The Labute approximate surface area is 110 Å². The van der Waals surface area contributed by atoms with E-state index in [0.717, 1.165) is 43.6 Å². The molecule has 4 heteroatoms. The maximum Gasteiger partial charge on any atom is 0.0572 e. The number of pyridine rings is 1. The van der Waals surface area contributed by atoms with Crippen molar-refractivity contribution >= 4 is 5.69 Å². The van der Waals surface area contributed by atoms with Crippen molar-refractivity contribution in [1.29, 1.82) is 0 Å². The van der Waals surface area contributed by atoms with Gasteiger partial charge in [0.1, 0.15) is 0 Å². The molecule has 1 aromatic rings. The zero-order valence-corrected chi connectivity index (χ0v) is 11.5. The van der Waals surface area contributed by atoms with Crippen LogP contribution in [0.1, 0.15) is 44.3 Å². The molecule has 0 spiro atoms. The minimum absolute atomic E-state index is 0.0360. The second-order valence-electron chi connectivity index (χ2n) is 4.66. The van der Waals surface area contributed by atoms with Gasteiger partial charge in [0.15, 0.2) is 0 Å². The monoisotopic (exact) mass is 251 g/mol. The summed E-state index contributed by atoms with van der Waals surface area (Å²) in [5.74, 6) is 0. The van der Waals surface area contributed by atoms with Gasteiger partial charge in [0.05, 0.1) is 17.6 Å². The zero-order chi connectivity index (χ0) is 13.4. The van der Waals surface area contributed by atoms with E-state index >= 15 is 0 Å². The van der Waals surface area contributed by atoms with Crippen molar-refractivity contribution in [2.24, 2.45) is 5.73 Å². The van der Waals surface area contributed by atoms with Crippen molar-refractivity contribution in [1.82, 2.24) is 4.98 Å². The van der Waals surface area contributed by atoms with E-state index < -0.39 is 0 Å². The van der Waals surface area contributed by atoms with Crippen molar-refractivity contribution in [3.63, 3.8) is 0 Å². The molecule has 0 fully saturated rings. The van der Waals surface area contributed by atoms with E-state index in [1.54, 1.807) is 0 Å². The number of unbranched alkanes of at least 4 members (excludes halogenated alkanes) is 2. The Hall–Kier alpha value is -1.13. The molecular formula is C14H25N3O. The molecule has 0 amide bonds. The Balaban J connectivity index is 2.46. The van der Waals surface area contributed by atoms with Crippen LogP contribution in [0.15, 0.2) is 18.3 Å². The predicted molar refractivity (Wildman–Crippen MR) is 75.7 cm³/mol. The van der Waals surface area contributed by atoms with Gasteiger partial charge in [0, 0.05) is 26.2 Å². The molecule has 0 unspecified atom stereocenters. The van der Waals surface area contributed by atoms with Crippen LogP contribution in [-0.2, 0) is 0 Å². The number of rotatable bonds is 8. The van der Waals surface area contributed by atoms with Crippen molar-refractivity contribution in [2.45, 2.75) is 38.6 Å². The number of aromatic nitrogens is 1. The van der Waals surface area contributed by atoms with Gasteiger partial charge in [-0.2, -0.15) is 0 Å². The normalized spacial score (nSPS) is 12.4. The van der Waals surface area contributed by atoms with Gasteiger partial charge in [-0.1, -0.05) is 6.92 Å². The van der Waals surface area contributed by atoms with E-state index in [-0.39, 0.29) is 12.6 Å². The lowest BCUT2D eigenvalue weighted by molar-refractivity contribution is 0.283. The summed E-state index contributed by atoms with van der Waals surface area (Å²) in [5, 5.41) is 8.72.